The molecule has 0 saturated heterocycles. The number of nitrogens with two attached hydrogens (primary N) is 1. The third kappa shape index (κ3) is 3.95. The van der Waals surface area contributed by atoms with Gasteiger partial charge in [0.05, 0.1) is 0 Å². The van der Waals surface area contributed by atoms with Gasteiger partial charge in [-0.15, -0.1) is 0 Å². The van der Waals surface area contributed by atoms with Gasteiger partial charge >= 0.3 is 0 Å². The zero-order valence-electron chi connectivity index (χ0n) is 13.7. The molecule has 1 aromatic heterocycles. The lowest BCUT2D eigenvalue weighted by Gasteiger charge is -2.12. The lowest BCUT2D eigenvalue weighted by atomic mass is 10.2. The summed E-state index contributed by atoms with van der Waals surface area (Å²) >= 11 is 12.2. The van der Waals surface area contributed by atoms with Crippen LogP contribution in [0.2, 0.25) is 10.0 Å². The maximum Gasteiger partial charge on any atom is 0.248 e. The highest BCUT2D eigenvalue weighted by Crippen LogP contribution is 2.32. The number of nitrogen functional groups attached to an aromatic ring is 1. The molecule has 7 heteroatoms. The number of aryl methyl sites for hydroxylation is 2. The van der Waals surface area contributed by atoms with Crippen LogP contribution in [0.25, 0.3) is 0 Å². The summed E-state index contributed by atoms with van der Waals surface area (Å²) in [5, 5.41) is 4.45. The van der Waals surface area contributed by atoms with E-state index in [0.717, 1.165) is 16.8 Å². The van der Waals surface area contributed by atoms with Crippen molar-refractivity contribution >= 4 is 40.4 Å². The van der Waals surface area contributed by atoms with E-state index in [1.54, 1.807) is 12.1 Å². The van der Waals surface area contributed by atoms with Crippen molar-refractivity contribution in [1.82, 2.24) is 9.97 Å². The lowest BCUT2D eigenvalue weighted by Crippen LogP contribution is -2.03. The average Bonchev–Trinajstić information content (AvgIpc) is 2.58. The van der Waals surface area contributed by atoms with Gasteiger partial charge in [0.15, 0.2) is 5.82 Å². The Morgan fingerprint density at radius 3 is 2.48 bits per heavy atom. The minimum absolute atomic E-state index is 0.262. The molecule has 0 aliphatic carbocycles. The molecule has 2 aromatic carbocycles. The van der Waals surface area contributed by atoms with Crippen molar-refractivity contribution in [2.75, 3.05) is 11.1 Å². The molecule has 128 valence electrons. The Balaban J connectivity index is 1.86. The summed E-state index contributed by atoms with van der Waals surface area (Å²) in [7, 11) is 0. The van der Waals surface area contributed by atoms with Crippen LogP contribution in [-0.2, 0) is 0 Å². The van der Waals surface area contributed by atoms with Crippen molar-refractivity contribution < 1.29 is 4.74 Å². The molecular formula is C18H16Cl2N4O. The number of nitrogens with zero attached hydrogens (tertiary/aromatic N) is 2. The summed E-state index contributed by atoms with van der Waals surface area (Å²) < 4.78 is 5.77. The largest absolute Gasteiger partial charge is 0.437 e. The molecule has 1 heterocycles. The van der Waals surface area contributed by atoms with Gasteiger partial charge in [-0.2, -0.15) is 4.98 Å². The van der Waals surface area contributed by atoms with E-state index < -0.39 is 0 Å². The molecule has 0 atom stereocenters. The molecule has 0 aliphatic rings. The van der Waals surface area contributed by atoms with Crippen LogP contribution >= 0.6 is 23.2 Å². The maximum atomic E-state index is 6.15. The minimum Gasteiger partial charge on any atom is -0.437 e. The first-order chi connectivity index (χ1) is 11.9. The molecule has 0 aliphatic heterocycles. The van der Waals surface area contributed by atoms with Gasteiger partial charge in [0.25, 0.3) is 0 Å². The van der Waals surface area contributed by atoms with Crippen LogP contribution in [-0.4, -0.2) is 9.97 Å². The van der Waals surface area contributed by atoms with Gasteiger partial charge < -0.3 is 15.8 Å². The zero-order chi connectivity index (χ0) is 18.0. The van der Waals surface area contributed by atoms with E-state index in [-0.39, 0.29) is 5.88 Å². The molecule has 0 radical (unpaired) electrons. The third-order valence-electron chi connectivity index (χ3n) is 3.63. The molecule has 25 heavy (non-hydrogen) atoms. The minimum atomic E-state index is 0.262. The number of hydrogen-bond acceptors (Lipinski definition) is 5. The number of ether oxygens (including phenoxy) is 1. The van der Waals surface area contributed by atoms with Gasteiger partial charge in [-0.05, 0) is 55.3 Å². The second-order valence-electron chi connectivity index (χ2n) is 5.54. The highest BCUT2D eigenvalue weighted by Gasteiger charge is 2.11. The first-order valence-corrected chi connectivity index (χ1v) is 8.27. The van der Waals surface area contributed by atoms with Gasteiger partial charge in [0.1, 0.15) is 17.8 Å². The van der Waals surface area contributed by atoms with Crippen molar-refractivity contribution in [1.29, 1.82) is 0 Å². The number of aromatic nitrogens is 2. The van der Waals surface area contributed by atoms with Gasteiger partial charge in [0.2, 0.25) is 5.88 Å². The second-order valence-corrected chi connectivity index (χ2v) is 6.36. The van der Waals surface area contributed by atoms with Crippen LogP contribution < -0.4 is 15.8 Å². The SMILES string of the molecule is Cc1cc(Oc2ncnc(Nc3ccc(C)c(Cl)c3)c2N)ccc1Cl. The highest BCUT2D eigenvalue weighted by atomic mass is 35.5. The number of hydrogen-bond donors (Lipinski definition) is 2. The Hall–Kier alpha value is -2.50. The molecule has 3 aromatic rings. The van der Waals surface area contributed by atoms with Crippen molar-refractivity contribution in [3.8, 4) is 11.6 Å². The summed E-state index contributed by atoms with van der Waals surface area (Å²) in [5.41, 5.74) is 9.11. The quantitative estimate of drug-likeness (QED) is 0.628. The van der Waals surface area contributed by atoms with Crippen molar-refractivity contribution in [2.24, 2.45) is 0 Å². The molecule has 0 amide bonds. The standard InChI is InChI=1S/C18H16Cl2N4O/c1-10-3-4-12(8-15(10)20)24-17-16(21)18(23-9-22-17)25-13-5-6-14(19)11(2)7-13/h3-9H,21H2,1-2H3,(H,22,23,24). The van der Waals surface area contributed by atoms with E-state index in [0.29, 0.717) is 27.3 Å². The third-order valence-corrected chi connectivity index (χ3v) is 4.46. The fourth-order valence-corrected chi connectivity index (χ4v) is 2.46. The van der Waals surface area contributed by atoms with Gasteiger partial charge in [0, 0.05) is 15.7 Å². The molecule has 0 spiro atoms. The fourth-order valence-electron chi connectivity index (χ4n) is 2.16. The second kappa shape index (κ2) is 7.17. The fraction of sp³-hybridized carbons (Fsp3) is 0.111. The molecule has 3 rings (SSSR count). The van der Waals surface area contributed by atoms with Crippen molar-refractivity contribution in [3.63, 3.8) is 0 Å². The monoisotopic (exact) mass is 374 g/mol. The smallest absolute Gasteiger partial charge is 0.248 e. The molecule has 0 fully saturated rings. The summed E-state index contributed by atoms with van der Waals surface area (Å²) in [6.45, 7) is 3.83. The highest BCUT2D eigenvalue weighted by molar-refractivity contribution is 6.31. The van der Waals surface area contributed by atoms with Gasteiger partial charge in [-0.25, -0.2) is 4.98 Å². The number of halogens is 2. The zero-order valence-corrected chi connectivity index (χ0v) is 15.2. The van der Waals surface area contributed by atoms with E-state index in [9.17, 15) is 0 Å². The Kier molecular flexibility index (Phi) is 4.97. The topological polar surface area (TPSA) is 73.1 Å². The molecule has 0 unspecified atom stereocenters. The lowest BCUT2D eigenvalue weighted by molar-refractivity contribution is 0.464. The number of rotatable bonds is 4. The van der Waals surface area contributed by atoms with Crippen LogP contribution in [0.5, 0.6) is 11.6 Å². The predicted octanol–water partition coefficient (Wildman–Crippen LogP) is 5.52. The average molecular weight is 375 g/mol. The first-order valence-electron chi connectivity index (χ1n) is 7.51. The Bertz CT molecular complexity index is 859. The van der Waals surface area contributed by atoms with Crippen LogP contribution in [0.15, 0.2) is 42.7 Å². The van der Waals surface area contributed by atoms with E-state index in [1.807, 2.05) is 38.1 Å². The van der Waals surface area contributed by atoms with Crippen LogP contribution in [0, 0.1) is 13.8 Å². The number of anilines is 3. The van der Waals surface area contributed by atoms with Crippen LogP contribution in [0.1, 0.15) is 11.1 Å². The first kappa shape index (κ1) is 17.3. The van der Waals surface area contributed by atoms with E-state index in [4.69, 9.17) is 33.7 Å². The molecule has 0 bridgehead atoms. The molecule has 3 N–H and O–H groups in total. The van der Waals surface area contributed by atoms with E-state index >= 15 is 0 Å². The summed E-state index contributed by atoms with van der Waals surface area (Å²) in [6, 6.07) is 10.9. The Morgan fingerprint density at radius 2 is 1.76 bits per heavy atom. The van der Waals surface area contributed by atoms with Crippen molar-refractivity contribution in [2.45, 2.75) is 13.8 Å². The van der Waals surface area contributed by atoms with E-state index in [1.165, 1.54) is 6.33 Å². The van der Waals surface area contributed by atoms with Crippen molar-refractivity contribution in [3.05, 3.63) is 63.9 Å². The number of nitrogens with one attached hydrogen (secondary N) is 1. The number of benzene rings is 2. The summed E-state index contributed by atoms with van der Waals surface area (Å²) in [4.78, 5) is 8.27. The van der Waals surface area contributed by atoms with Crippen LogP contribution in [0.3, 0.4) is 0 Å². The molecular weight excluding hydrogens is 359 g/mol. The Labute approximate surface area is 155 Å². The predicted molar refractivity (Wildman–Crippen MR) is 102 cm³/mol. The summed E-state index contributed by atoms with van der Waals surface area (Å²) in [5.74, 6) is 1.30. The Morgan fingerprint density at radius 1 is 0.960 bits per heavy atom. The van der Waals surface area contributed by atoms with Gasteiger partial charge in [-0.3, -0.25) is 0 Å². The molecule has 0 saturated carbocycles. The maximum absolute atomic E-state index is 6.15. The normalized spacial score (nSPS) is 10.6. The van der Waals surface area contributed by atoms with Gasteiger partial charge in [-0.1, -0.05) is 29.3 Å². The van der Waals surface area contributed by atoms with Crippen LogP contribution in [0.4, 0.5) is 17.2 Å². The molecule has 5 nitrogen and oxygen atoms in total. The summed E-state index contributed by atoms with van der Waals surface area (Å²) in [6.07, 6.45) is 1.38. The van der Waals surface area contributed by atoms with E-state index in [2.05, 4.69) is 15.3 Å².